The Morgan fingerprint density at radius 2 is 1.79 bits per heavy atom. The third-order valence-electron chi connectivity index (χ3n) is 5.15. The van der Waals surface area contributed by atoms with Gasteiger partial charge < -0.3 is 10.2 Å². The zero-order chi connectivity index (χ0) is 24.6. The first-order valence-electron chi connectivity index (χ1n) is 10.9. The summed E-state index contributed by atoms with van der Waals surface area (Å²) in [7, 11) is -3.75. The molecule has 2 rings (SSSR count). The average Bonchev–Trinajstić information content (AvgIpc) is 2.74. The third-order valence-corrected chi connectivity index (χ3v) is 6.78. The highest BCUT2D eigenvalue weighted by atomic mass is 79.9. The largest absolute Gasteiger partial charge is 0.354 e. The summed E-state index contributed by atoms with van der Waals surface area (Å²) in [5, 5.41) is 2.87. The molecule has 1 N–H and O–H groups in total. The van der Waals surface area contributed by atoms with Gasteiger partial charge in [-0.25, -0.2) is 8.42 Å². The van der Waals surface area contributed by atoms with E-state index in [4.69, 9.17) is 0 Å². The summed E-state index contributed by atoms with van der Waals surface area (Å²) in [4.78, 5) is 27.9. The van der Waals surface area contributed by atoms with Crippen molar-refractivity contribution in [3.05, 3.63) is 64.1 Å². The molecule has 0 saturated heterocycles. The highest BCUT2D eigenvalue weighted by Crippen LogP contribution is 2.23. The number of benzene rings is 2. The molecule has 9 heteroatoms. The number of carbonyl (C=O) groups excluding carboxylic acids is 2. The molecule has 0 aromatic heterocycles. The summed E-state index contributed by atoms with van der Waals surface area (Å²) in [5.41, 5.74) is 2.29. The molecule has 0 radical (unpaired) electrons. The van der Waals surface area contributed by atoms with Crippen molar-refractivity contribution in [3.63, 3.8) is 0 Å². The van der Waals surface area contributed by atoms with E-state index in [2.05, 4.69) is 21.2 Å². The fourth-order valence-corrected chi connectivity index (χ4v) is 4.77. The van der Waals surface area contributed by atoms with Gasteiger partial charge in [0, 0.05) is 17.6 Å². The minimum absolute atomic E-state index is 0.203. The molecule has 1 atom stereocenters. The van der Waals surface area contributed by atoms with Crippen LogP contribution in [0.1, 0.15) is 37.8 Å². The third kappa shape index (κ3) is 7.85. The van der Waals surface area contributed by atoms with Crippen molar-refractivity contribution in [2.24, 2.45) is 0 Å². The second-order valence-electron chi connectivity index (χ2n) is 7.98. The normalized spacial score (nSPS) is 12.2. The number of carbonyl (C=O) groups is 2. The monoisotopic (exact) mass is 537 g/mol. The molecule has 2 aromatic rings. The number of rotatable bonds is 11. The van der Waals surface area contributed by atoms with Crippen LogP contribution >= 0.6 is 15.9 Å². The lowest BCUT2D eigenvalue weighted by Gasteiger charge is -2.33. The fourth-order valence-electron chi connectivity index (χ4n) is 3.54. The number of anilines is 1. The lowest BCUT2D eigenvalue weighted by atomic mass is 10.1. The van der Waals surface area contributed by atoms with Gasteiger partial charge in [-0.2, -0.15) is 0 Å². The lowest BCUT2D eigenvalue weighted by molar-refractivity contribution is -0.140. The van der Waals surface area contributed by atoms with E-state index in [1.165, 1.54) is 4.90 Å². The lowest BCUT2D eigenvalue weighted by Crippen LogP contribution is -2.52. The zero-order valence-electron chi connectivity index (χ0n) is 19.5. The second kappa shape index (κ2) is 12.2. The Morgan fingerprint density at radius 1 is 1.09 bits per heavy atom. The van der Waals surface area contributed by atoms with Gasteiger partial charge in [-0.3, -0.25) is 13.9 Å². The molecule has 0 bridgehead atoms. The predicted octanol–water partition coefficient (Wildman–Crippen LogP) is 3.86. The SMILES string of the molecule is CCCNC(=O)[C@@H](CC)N(Cc1cccc(C)c1)C(=O)CN(c1cccc(Br)c1)S(C)(=O)=O. The molecular weight excluding hydrogens is 506 g/mol. The van der Waals surface area contributed by atoms with Gasteiger partial charge in [-0.05, 0) is 43.5 Å². The Morgan fingerprint density at radius 3 is 2.36 bits per heavy atom. The number of nitrogens with one attached hydrogen (secondary N) is 1. The maximum atomic E-state index is 13.6. The molecule has 0 saturated carbocycles. The number of nitrogens with zero attached hydrogens (tertiary/aromatic N) is 2. The molecule has 0 heterocycles. The Kier molecular flexibility index (Phi) is 9.91. The minimum atomic E-state index is -3.75. The number of amides is 2. The van der Waals surface area contributed by atoms with Crippen molar-refractivity contribution in [3.8, 4) is 0 Å². The first-order chi connectivity index (χ1) is 15.6. The topological polar surface area (TPSA) is 86.8 Å². The van der Waals surface area contributed by atoms with Gasteiger partial charge >= 0.3 is 0 Å². The molecular formula is C24H32BrN3O4S. The number of sulfonamides is 1. The van der Waals surface area contributed by atoms with Gasteiger partial charge in [0.25, 0.3) is 0 Å². The molecule has 0 unspecified atom stereocenters. The summed E-state index contributed by atoms with van der Waals surface area (Å²) < 4.78 is 26.9. The van der Waals surface area contributed by atoms with Crippen LogP contribution in [0.4, 0.5) is 5.69 Å². The van der Waals surface area contributed by atoms with E-state index >= 15 is 0 Å². The van der Waals surface area contributed by atoms with Crippen molar-refractivity contribution in [1.29, 1.82) is 0 Å². The standard InChI is InChI=1S/C24H32BrN3O4S/c1-5-13-26-24(30)22(6-2)27(16-19-10-7-9-18(3)14-19)23(29)17-28(33(4,31)32)21-12-8-11-20(25)15-21/h7-12,14-15,22H,5-6,13,16-17H2,1-4H3,(H,26,30)/t22-/m1/s1. The van der Waals surface area contributed by atoms with Crippen molar-refractivity contribution in [2.75, 3.05) is 23.7 Å². The predicted molar refractivity (Wildman–Crippen MR) is 135 cm³/mol. The maximum absolute atomic E-state index is 13.6. The average molecular weight is 539 g/mol. The molecule has 0 aliphatic rings. The molecule has 180 valence electrons. The Hall–Kier alpha value is -2.39. The number of aryl methyl sites for hydroxylation is 1. The summed E-state index contributed by atoms with van der Waals surface area (Å²) >= 11 is 3.35. The van der Waals surface area contributed by atoms with Crippen LogP contribution in [0.3, 0.4) is 0 Å². The van der Waals surface area contributed by atoms with Crippen LogP contribution in [0, 0.1) is 6.92 Å². The highest BCUT2D eigenvalue weighted by Gasteiger charge is 2.31. The van der Waals surface area contributed by atoms with Gasteiger partial charge in [0.1, 0.15) is 12.6 Å². The van der Waals surface area contributed by atoms with Crippen LogP contribution in [0.25, 0.3) is 0 Å². The van der Waals surface area contributed by atoms with Gasteiger partial charge in [-0.1, -0.05) is 65.7 Å². The van der Waals surface area contributed by atoms with E-state index < -0.39 is 28.5 Å². The van der Waals surface area contributed by atoms with Crippen LogP contribution < -0.4 is 9.62 Å². The molecule has 0 aliphatic heterocycles. The number of hydrogen-bond acceptors (Lipinski definition) is 4. The van der Waals surface area contributed by atoms with E-state index in [1.807, 2.05) is 45.0 Å². The first-order valence-corrected chi connectivity index (χ1v) is 13.6. The summed E-state index contributed by atoms with van der Waals surface area (Å²) in [5.74, 6) is -0.686. The molecule has 7 nitrogen and oxygen atoms in total. The first kappa shape index (κ1) is 26.9. The van der Waals surface area contributed by atoms with E-state index in [9.17, 15) is 18.0 Å². The zero-order valence-corrected chi connectivity index (χ0v) is 21.9. The van der Waals surface area contributed by atoms with Crippen molar-refractivity contribution in [2.45, 2.75) is 46.2 Å². The van der Waals surface area contributed by atoms with E-state index in [1.54, 1.807) is 24.3 Å². The smallest absolute Gasteiger partial charge is 0.244 e. The number of hydrogen-bond donors (Lipinski definition) is 1. The molecule has 33 heavy (non-hydrogen) atoms. The molecule has 0 aliphatic carbocycles. The highest BCUT2D eigenvalue weighted by molar-refractivity contribution is 9.10. The van der Waals surface area contributed by atoms with Crippen LogP contribution in [0.2, 0.25) is 0 Å². The van der Waals surface area contributed by atoms with Crippen molar-refractivity contribution < 1.29 is 18.0 Å². The Bertz CT molecular complexity index is 1070. The van der Waals surface area contributed by atoms with Crippen LogP contribution in [-0.2, 0) is 26.2 Å². The van der Waals surface area contributed by atoms with E-state index in [0.29, 0.717) is 23.1 Å². The Labute approximate surface area is 205 Å². The van der Waals surface area contributed by atoms with Crippen molar-refractivity contribution >= 4 is 43.5 Å². The van der Waals surface area contributed by atoms with Gasteiger partial charge in [0.15, 0.2) is 0 Å². The van der Waals surface area contributed by atoms with Gasteiger partial charge in [-0.15, -0.1) is 0 Å². The molecule has 0 fully saturated rings. The van der Waals surface area contributed by atoms with Crippen LogP contribution in [0.15, 0.2) is 53.0 Å². The second-order valence-corrected chi connectivity index (χ2v) is 10.8. The maximum Gasteiger partial charge on any atom is 0.244 e. The minimum Gasteiger partial charge on any atom is -0.354 e. The van der Waals surface area contributed by atoms with Gasteiger partial charge in [0.05, 0.1) is 11.9 Å². The summed E-state index contributed by atoms with van der Waals surface area (Å²) in [6.07, 6.45) is 2.25. The van der Waals surface area contributed by atoms with Crippen LogP contribution in [-0.4, -0.2) is 50.5 Å². The quantitative estimate of drug-likeness (QED) is 0.471. The van der Waals surface area contributed by atoms with Crippen LogP contribution in [0.5, 0.6) is 0 Å². The van der Waals surface area contributed by atoms with Gasteiger partial charge in [0.2, 0.25) is 21.8 Å². The van der Waals surface area contributed by atoms with E-state index in [0.717, 1.165) is 28.1 Å². The fraction of sp³-hybridized carbons (Fsp3) is 0.417. The molecule has 0 spiro atoms. The summed E-state index contributed by atoms with van der Waals surface area (Å²) in [6, 6.07) is 13.8. The van der Waals surface area contributed by atoms with Crippen molar-refractivity contribution in [1.82, 2.24) is 10.2 Å². The summed E-state index contributed by atoms with van der Waals surface area (Å²) in [6.45, 7) is 6.07. The Balaban J connectivity index is 2.42. The molecule has 2 amide bonds. The van der Waals surface area contributed by atoms with E-state index in [-0.39, 0.29) is 12.5 Å². The molecule has 2 aromatic carbocycles. The number of halogens is 1.